The highest BCUT2D eigenvalue weighted by molar-refractivity contribution is 5.91. The first-order valence-electron chi connectivity index (χ1n) is 11.0. The van der Waals surface area contributed by atoms with Gasteiger partial charge in [-0.2, -0.15) is 0 Å². The van der Waals surface area contributed by atoms with Crippen LogP contribution in [-0.2, 0) is 16.1 Å². The quantitative estimate of drug-likeness (QED) is 0.446. The summed E-state index contributed by atoms with van der Waals surface area (Å²) in [5.41, 5.74) is 6.63. The van der Waals surface area contributed by atoms with Crippen LogP contribution in [0.4, 0.5) is 0 Å². The van der Waals surface area contributed by atoms with Crippen LogP contribution in [0.15, 0.2) is 40.2 Å². The molecular weight excluding hydrogens is 410 g/mol. The molecule has 1 saturated heterocycles. The fourth-order valence-corrected chi connectivity index (χ4v) is 4.16. The zero-order valence-electron chi connectivity index (χ0n) is 18.8. The molecule has 0 aromatic carbocycles. The SMILES string of the molecule is CCOC(=O)C1C(C)NNC1n1ccc2nc3ccn(CCC(C)C)c(=O)c3cc2c1=O. The van der Waals surface area contributed by atoms with E-state index in [4.69, 9.17) is 4.74 Å². The van der Waals surface area contributed by atoms with Gasteiger partial charge in [0.1, 0.15) is 12.1 Å². The van der Waals surface area contributed by atoms with E-state index in [2.05, 4.69) is 29.7 Å². The molecule has 0 spiro atoms. The van der Waals surface area contributed by atoms with Crippen LogP contribution in [0, 0.1) is 11.8 Å². The first-order valence-corrected chi connectivity index (χ1v) is 11.0. The molecular formula is C23H29N5O4. The topological polar surface area (TPSA) is 107 Å². The van der Waals surface area contributed by atoms with Crippen molar-refractivity contribution < 1.29 is 9.53 Å². The van der Waals surface area contributed by atoms with Gasteiger partial charge in [0.25, 0.3) is 11.1 Å². The van der Waals surface area contributed by atoms with Crippen molar-refractivity contribution in [3.63, 3.8) is 0 Å². The largest absolute Gasteiger partial charge is 0.466 e. The van der Waals surface area contributed by atoms with Crippen molar-refractivity contribution in [3.8, 4) is 0 Å². The van der Waals surface area contributed by atoms with E-state index >= 15 is 0 Å². The van der Waals surface area contributed by atoms with Crippen LogP contribution in [0.25, 0.3) is 21.8 Å². The van der Waals surface area contributed by atoms with Crippen molar-refractivity contribution in [1.29, 1.82) is 0 Å². The van der Waals surface area contributed by atoms with Crippen LogP contribution in [0.5, 0.6) is 0 Å². The number of aromatic nitrogens is 3. The third kappa shape index (κ3) is 3.93. The number of hydrogen-bond donors (Lipinski definition) is 2. The van der Waals surface area contributed by atoms with E-state index < -0.39 is 12.1 Å². The van der Waals surface area contributed by atoms with Gasteiger partial charge in [-0.05, 0) is 44.4 Å². The number of rotatable bonds is 6. The van der Waals surface area contributed by atoms with Crippen molar-refractivity contribution in [2.75, 3.05) is 6.61 Å². The van der Waals surface area contributed by atoms with Gasteiger partial charge >= 0.3 is 5.97 Å². The molecule has 32 heavy (non-hydrogen) atoms. The molecule has 3 aromatic heterocycles. The Morgan fingerprint density at radius 2 is 1.81 bits per heavy atom. The molecule has 2 N–H and O–H groups in total. The highest BCUT2D eigenvalue weighted by atomic mass is 16.5. The van der Waals surface area contributed by atoms with E-state index in [0.29, 0.717) is 34.3 Å². The number of ether oxygens (including phenoxy) is 1. The van der Waals surface area contributed by atoms with Crippen molar-refractivity contribution in [2.24, 2.45) is 11.8 Å². The molecule has 3 aromatic rings. The van der Waals surface area contributed by atoms with E-state index in [1.54, 1.807) is 36.0 Å². The molecule has 1 aliphatic rings. The van der Waals surface area contributed by atoms with Crippen molar-refractivity contribution >= 4 is 27.8 Å². The summed E-state index contributed by atoms with van der Waals surface area (Å²) in [5, 5.41) is 0.745. The van der Waals surface area contributed by atoms with Crippen LogP contribution in [0.3, 0.4) is 0 Å². The number of esters is 1. The van der Waals surface area contributed by atoms with Crippen LogP contribution in [0.1, 0.15) is 40.3 Å². The van der Waals surface area contributed by atoms with E-state index in [0.717, 1.165) is 6.42 Å². The molecule has 4 rings (SSSR count). The molecule has 0 amide bonds. The minimum absolute atomic E-state index is 0.161. The minimum Gasteiger partial charge on any atom is -0.466 e. The van der Waals surface area contributed by atoms with Crippen LogP contribution < -0.4 is 22.0 Å². The zero-order chi connectivity index (χ0) is 23.0. The molecule has 1 aliphatic heterocycles. The molecule has 0 radical (unpaired) electrons. The molecule has 9 heteroatoms. The number of carbonyl (C=O) groups excluding carboxylic acids is 1. The number of nitrogens with one attached hydrogen (secondary N) is 2. The van der Waals surface area contributed by atoms with E-state index in [1.165, 1.54) is 4.57 Å². The van der Waals surface area contributed by atoms with Crippen molar-refractivity contribution in [3.05, 3.63) is 51.3 Å². The van der Waals surface area contributed by atoms with Gasteiger partial charge in [0.2, 0.25) is 0 Å². The summed E-state index contributed by atoms with van der Waals surface area (Å²) in [6, 6.07) is 4.94. The maximum atomic E-state index is 13.4. The van der Waals surface area contributed by atoms with Crippen molar-refractivity contribution in [2.45, 2.75) is 52.9 Å². The molecule has 0 saturated carbocycles. The molecule has 0 aliphatic carbocycles. The van der Waals surface area contributed by atoms with E-state index in [1.807, 2.05) is 13.0 Å². The standard InChI is InChI=1S/C23H29N5O4/c1-5-32-23(31)19-14(4)25-26-20(19)28-11-8-18-16(22(28)30)12-15-17(24-18)7-10-27(21(15)29)9-6-13(2)3/h7-8,10-14,19-20,25-26H,5-6,9H2,1-4H3. The highest BCUT2D eigenvalue weighted by Gasteiger charge is 2.41. The number of hydrogen-bond acceptors (Lipinski definition) is 7. The predicted octanol–water partition coefficient (Wildman–Crippen LogP) is 1.93. The van der Waals surface area contributed by atoms with Gasteiger partial charge in [-0.15, -0.1) is 0 Å². The Kier molecular flexibility index (Phi) is 6.12. The second kappa shape index (κ2) is 8.84. The molecule has 0 bridgehead atoms. The molecule has 4 heterocycles. The Bertz CT molecular complexity index is 1280. The summed E-state index contributed by atoms with van der Waals surface area (Å²) in [6.45, 7) is 8.70. The third-order valence-electron chi connectivity index (χ3n) is 5.99. The summed E-state index contributed by atoms with van der Waals surface area (Å²) in [4.78, 5) is 43.5. The summed E-state index contributed by atoms with van der Waals surface area (Å²) in [7, 11) is 0. The van der Waals surface area contributed by atoms with Gasteiger partial charge in [0.15, 0.2) is 0 Å². The zero-order valence-corrected chi connectivity index (χ0v) is 18.8. The maximum absolute atomic E-state index is 13.4. The monoisotopic (exact) mass is 439 g/mol. The first-order chi connectivity index (χ1) is 15.3. The Balaban J connectivity index is 1.81. The average Bonchev–Trinajstić information content (AvgIpc) is 3.14. The van der Waals surface area contributed by atoms with Gasteiger partial charge in [0.05, 0.1) is 28.4 Å². The molecule has 9 nitrogen and oxygen atoms in total. The van der Waals surface area contributed by atoms with Crippen LogP contribution in [-0.4, -0.2) is 32.7 Å². The summed E-state index contributed by atoms with van der Waals surface area (Å²) in [5.74, 6) is -0.479. The lowest BCUT2D eigenvalue weighted by molar-refractivity contribution is -0.149. The Morgan fingerprint density at radius 3 is 2.50 bits per heavy atom. The summed E-state index contributed by atoms with van der Waals surface area (Å²) in [6.07, 6.45) is 3.64. The highest BCUT2D eigenvalue weighted by Crippen LogP contribution is 2.25. The summed E-state index contributed by atoms with van der Waals surface area (Å²) < 4.78 is 8.34. The van der Waals surface area contributed by atoms with Gasteiger partial charge in [-0.25, -0.2) is 10.4 Å². The van der Waals surface area contributed by atoms with Gasteiger partial charge < -0.3 is 9.30 Å². The Labute approximate surface area is 185 Å². The van der Waals surface area contributed by atoms with Crippen LogP contribution >= 0.6 is 0 Å². The number of hydrazine groups is 1. The third-order valence-corrected chi connectivity index (χ3v) is 5.99. The Morgan fingerprint density at radius 1 is 1.12 bits per heavy atom. The fourth-order valence-electron chi connectivity index (χ4n) is 4.16. The summed E-state index contributed by atoms with van der Waals surface area (Å²) >= 11 is 0. The Hall–Kier alpha value is -3.04. The lowest BCUT2D eigenvalue weighted by Gasteiger charge is -2.21. The normalized spacial score (nSPS) is 21.0. The van der Waals surface area contributed by atoms with Crippen molar-refractivity contribution in [1.82, 2.24) is 25.0 Å². The molecule has 1 fully saturated rings. The van der Waals surface area contributed by atoms with Gasteiger partial charge in [-0.3, -0.25) is 24.4 Å². The lowest BCUT2D eigenvalue weighted by atomic mass is 10.00. The maximum Gasteiger partial charge on any atom is 0.314 e. The second-order valence-electron chi connectivity index (χ2n) is 8.68. The van der Waals surface area contributed by atoms with E-state index in [9.17, 15) is 14.4 Å². The number of carbonyl (C=O) groups is 1. The molecule has 170 valence electrons. The fraction of sp³-hybridized carbons (Fsp3) is 0.478. The van der Waals surface area contributed by atoms with E-state index in [-0.39, 0.29) is 29.7 Å². The second-order valence-corrected chi connectivity index (χ2v) is 8.68. The lowest BCUT2D eigenvalue weighted by Crippen LogP contribution is -2.38. The molecule has 3 unspecified atom stereocenters. The smallest absolute Gasteiger partial charge is 0.314 e. The average molecular weight is 440 g/mol. The van der Waals surface area contributed by atoms with Gasteiger partial charge in [0, 0.05) is 25.0 Å². The number of pyridine rings is 3. The number of aryl methyl sites for hydroxylation is 1. The van der Waals surface area contributed by atoms with Crippen LogP contribution in [0.2, 0.25) is 0 Å². The van der Waals surface area contributed by atoms with Gasteiger partial charge in [-0.1, -0.05) is 13.8 Å². The minimum atomic E-state index is -0.616. The number of fused-ring (bicyclic) bond motifs is 2. The number of nitrogens with zero attached hydrogens (tertiary/aromatic N) is 3. The predicted molar refractivity (Wildman–Crippen MR) is 122 cm³/mol. The first kappa shape index (κ1) is 22.2. The molecule has 3 atom stereocenters.